The van der Waals surface area contributed by atoms with Crippen LogP contribution in [0.5, 0.6) is 11.5 Å². The molecule has 0 fully saturated rings. The molecule has 0 atom stereocenters. The van der Waals surface area contributed by atoms with Crippen LogP contribution in [-0.4, -0.2) is 39.1 Å². The molecule has 0 unspecified atom stereocenters. The topological polar surface area (TPSA) is 82.9 Å². The lowest BCUT2D eigenvalue weighted by Crippen LogP contribution is -1.87. The molecule has 4 aromatic carbocycles. The summed E-state index contributed by atoms with van der Waals surface area (Å²) in [5.74, 6) is 1.63. The van der Waals surface area contributed by atoms with E-state index in [2.05, 4.69) is 47.4 Å². The number of benzene rings is 4. The van der Waals surface area contributed by atoms with Crippen molar-refractivity contribution >= 4 is 100 Å². The highest BCUT2D eigenvalue weighted by atomic mass is 79.9. The summed E-state index contributed by atoms with van der Waals surface area (Å²) in [6.07, 6.45) is 12.3. The second-order valence-corrected chi connectivity index (χ2v) is 14.0. The fourth-order valence-corrected chi connectivity index (χ4v) is 6.58. The number of fused-ring (bicyclic) bond motifs is 4. The van der Waals surface area contributed by atoms with Gasteiger partial charge in [0.05, 0.1) is 51.4 Å². The third-order valence-corrected chi connectivity index (χ3v) is 9.92. The van der Waals surface area contributed by atoms with Crippen LogP contribution in [0.15, 0.2) is 157 Å². The van der Waals surface area contributed by atoms with E-state index < -0.39 is 0 Å². The van der Waals surface area contributed by atoms with E-state index in [9.17, 15) is 0 Å². The summed E-state index contributed by atoms with van der Waals surface area (Å²) in [5, 5.41) is 6.13. The van der Waals surface area contributed by atoms with Crippen molar-refractivity contribution in [2.75, 3.05) is 14.2 Å². The largest absolute Gasteiger partial charge is 0.497 e. The summed E-state index contributed by atoms with van der Waals surface area (Å²) in [6.45, 7) is 3.70. The number of pyridine rings is 5. The Labute approximate surface area is 347 Å². The fourth-order valence-electron chi connectivity index (χ4n) is 5.60. The molecule has 0 saturated carbocycles. The summed E-state index contributed by atoms with van der Waals surface area (Å²) in [6, 6.07) is 34.6. The van der Waals surface area contributed by atoms with E-state index >= 15 is 0 Å². The Morgan fingerprint density at radius 2 is 0.946 bits per heavy atom. The first kappa shape index (κ1) is 40.0. The monoisotopic (exact) mass is 859 g/mol. The molecule has 11 heteroatoms. The average Bonchev–Trinajstić information content (AvgIpc) is 3.24. The molecule has 5 heterocycles. The summed E-state index contributed by atoms with van der Waals surface area (Å²) in [4.78, 5) is 21.0. The highest BCUT2D eigenvalue weighted by molar-refractivity contribution is 9.10. The zero-order chi connectivity index (χ0) is 39.4. The Morgan fingerprint density at radius 3 is 1.48 bits per heavy atom. The van der Waals surface area contributed by atoms with Crippen molar-refractivity contribution in [1.82, 2.24) is 24.9 Å². The highest BCUT2D eigenvalue weighted by Crippen LogP contribution is 2.30. The molecular weight excluding hydrogens is 829 g/mol. The minimum Gasteiger partial charge on any atom is -0.497 e. The smallest absolute Gasteiger partial charge is 0.119 e. The van der Waals surface area contributed by atoms with Gasteiger partial charge in [0.25, 0.3) is 0 Å². The summed E-state index contributed by atoms with van der Waals surface area (Å²) < 4.78 is 11.4. The van der Waals surface area contributed by atoms with Gasteiger partial charge in [0.2, 0.25) is 0 Å². The third kappa shape index (κ3) is 9.96. The molecule has 0 bridgehead atoms. The molecule has 0 aliphatic rings. The number of methoxy groups -OCH3 is 2. The molecule has 0 radical (unpaired) electrons. The van der Waals surface area contributed by atoms with Gasteiger partial charge in [-0.3, -0.25) is 24.9 Å². The fraction of sp³-hybridized carbons (Fsp3) is 0.0444. The van der Waals surface area contributed by atoms with E-state index in [-0.39, 0.29) is 0 Å². The number of hydrogen-bond donors (Lipinski definition) is 0. The summed E-state index contributed by atoms with van der Waals surface area (Å²) in [5.41, 5.74) is 7.01. The van der Waals surface area contributed by atoms with Crippen LogP contribution in [0.25, 0.3) is 60.8 Å². The maximum Gasteiger partial charge on any atom is 0.119 e. The lowest BCUT2D eigenvalue weighted by atomic mass is 10.0. The van der Waals surface area contributed by atoms with Gasteiger partial charge in [-0.2, -0.15) is 0 Å². The number of nitrogens with zero attached hydrogens (tertiary/aromatic N) is 5. The Kier molecular flexibility index (Phi) is 13.8. The first-order valence-corrected chi connectivity index (χ1v) is 19.0. The van der Waals surface area contributed by atoms with Gasteiger partial charge < -0.3 is 9.47 Å². The predicted octanol–water partition coefficient (Wildman–Crippen LogP) is 13.4. The van der Waals surface area contributed by atoms with E-state index in [0.717, 1.165) is 86.3 Å². The van der Waals surface area contributed by atoms with E-state index in [4.69, 9.17) is 44.3 Å². The van der Waals surface area contributed by atoms with Gasteiger partial charge in [0.1, 0.15) is 11.5 Å². The zero-order valence-corrected chi connectivity index (χ0v) is 34.1. The van der Waals surface area contributed by atoms with Crippen LogP contribution >= 0.6 is 50.7 Å². The standard InChI is InChI=1S/C15H12N2O.C11H8ClN.C10H8ClNO.C9H5BrClN/c1-18-12-2-3-15-14(10-12)13(6-9-17-15)11-4-7-16-8-5-11;1-2-8-3-4-11-9(7-8)10(12)5-6-13-11;1-13-7-2-3-10-8(6-7)9(11)4-5-12-10;10-6-1-2-9-7(5-6)8(11)3-4-12-9/h2-10H,1H3;2-7H,1H2;2-6H,1H3;1-5H. The normalized spacial score (nSPS) is 10.4. The SMILES string of the molecule is C=Cc1ccc2nccc(Cl)c2c1.COc1ccc2nccc(-c3ccncc3)c2c1.COc1ccc2nccc(Cl)c2c1.Clc1ccnc2ccc(Br)cc12. The zero-order valence-electron chi connectivity index (χ0n) is 30.2. The van der Waals surface area contributed by atoms with Crippen molar-refractivity contribution < 1.29 is 9.47 Å². The molecule has 278 valence electrons. The van der Waals surface area contributed by atoms with Crippen LogP contribution in [0, 0.1) is 0 Å². The quantitative estimate of drug-likeness (QED) is 0.174. The summed E-state index contributed by atoms with van der Waals surface area (Å²) >= 11 is 21.4. The van der Waals surface area contributed by atoms with Crippen molar-refractivity contribution in [2.24, 2.45) is 0 Å². The van der Waals surface area contributed by atoms with Crippen LogP contribution in [-0.2, 0) is 0 Å². The average molecular weight is 862 g/mol. The van der Waals surface area contributed by atoms with Crippen LogP contribution in [0.1, 0.15) is 5.56 Å². The molecule has 0 spiro atoms. The second-order valence-electron chi connectivity index (χ2n) is 11.9. The van der Waals surface area contributed by atoms with Crippen LogP contribution in [0.2, 0.25) is 15.1 Å². The van der Waals surface area contributed by atoms with Crippen molar-refractivity contribution in [3.05, 3.63) is 178 Å². The Balaban J connectivity index is 0.000000128. The van der Waals surface area contributed by atoms with Crippen LogP contribution in [0.4, 0.5) is 0 Å². The van der Waals surface area contributed by atoms with Gasteiger partial charge in [-0.05, 0) is 120 Å². The number of rotatable bonds is 4. The van der Waals surface area contributed by atoms with Gasteiger partial charge in [-0.15, -0.1) is 0 Å². The Morgan fingerprint density at radius 1 is 0.500 bits per heavy atom. The van der Waals surface area contributed by atoms with E-state index in [1.54, 1.807) is 69.5 Å². The first-order valence-electron chi connectivity index (χ1n) is 17.1. The first-order chi connectivity index (χ1) is 27.3. The molecule has 9 rings (SSSR count). The predicted molar refractivity (Wildman–Crippen MR) is 236 cm³/mol. The molecule has 0 aliphatic carbocycles. The molecule has 0 N–H and O–H groups in total. The minimum absolute atomic E-state index is 0.698. The third-order valence-electron chi connectivity index (χ3n) is 8.43. The lowest BCUT2D eigenvalue weighted by molar-refractivity contribution is 0.415. The van der Waals surface area contributed by atoms with Crippen molar-refractivity contribution in [1.29, 1.82) is 0 Å². The molecule has 0 aliphatic heterocycles. The molecule has 0 saturated heterocycles. The number of hydrogen-bond acceptors (Lipinski definition) is 7. The maximum absolute atomic E-state index is 6.01. The summed E-state index contributed by atoms with van der Waals surface area (Å²) in [7, 11) is 3.30. The van der Waals surface area contributed by atoms with E-state index in [1.165, 1.54) is 0 Å². The van der Waals surface area contributed by atoms with Crippen molar-refractivity contribution in [3.63, 3.8) is 0 Å². The number of ether oxygens (including phenoxy) is 2. The molecule has 5 aromatic heterocycles. The van der Waals surface area contributed by atoms with Crippen molar-refractivity contribution in [3.8, 4) is 22.6 Å². The van der Waals surface area contributed by atoms with Crippen LogP contribution in [0.3, 0.4) is 0 Å². The van der Waals surface area contributed by atoms with Gasteiger partial charge in [0.15, 0.2) is 0 Å². The number of aromatic nitrogens is 5. The molecular formula is C45H33BrCl3N5O2. The minimum atomic E-state index is 0.698. The molecule has 56 heavy (non-hydrogen) atoms. The van der Waals surface area contributed by atoms with E-state index in [0.29, 0.717) is 5.02 Å². The Bertz CT molecular complexity index is 2770. The van der Waals surface area contributed by atoms with Gasteiger partial charge in [0, 0.05) is 63.2 Å². The van der Waals surface area contributed by atoms with Crippen LogP contribution < -0.4 is 9.47 Å². The van der Waals surface area contributed by atoms with Gasteiger partial charge >= 0.3 is 0 Å². The maximum atomic E-state index is 6.01. The highest BCUT2D eigenvalue weighted by Gasteiger charge is 2.06. The van der Waals surface area contributed by atoms with E-state index in [1.807, 2.05) is 97.2 Å². The number of halogens is 4. The van der Waals surface area contributed by atoms with Gasteiger partial charge in [-0.1, -0.05) is 69.5 Å². The Hall–Kier alpha value is -5.64. The van der Waals surface area contributed by atoms with Crippen molar-refractivity contribution in [2.45, 2.75) is 0 Å². The lowest BCUT2D eigenvalue weighted by Gasteiger charge is -2.07. The molecule has 0 amide bonds. The molecule has 7 nitrogen and oxygen atoms in total. The second kappa shape index (κ2) is 19.3. The molecule has 9 aromatic rings. The van der Waals surface area contributed by atoms with Gasteiger partial charge in [-0.25, -0.2) is 0 Å².